The van der Waals surface area contributed by atoms with Gasteiger partial charge < -0.3 is 20.3 Å². The Balaban J connectivity index is 2.41. The molecule has 1 aromatic rings. The SMILES string of the molecule is COC(=O)C(C)(N)CCCOc1ccccc1CO. The molecular formula is C14H21NO4. The second-order valence-corrected chi connectivity index (χ2v) is 4.63. The Labute approximate surface area is 113 Å². The molecular weight excluding hydrogens is 246 g/mol. The summed E-state index contributed by atoms with van der Waals surface area (Å²) in [5, 5.41) is 9.15. The van der Waals surface area contributed by atoms with Gasteiger partial charge in [-0.25, -0.2) is 0 Å². The Kier molecular flexibility index (Phi) is 5.79. The number of rotatable bonds is 7. The predicted molar refractivity (Wildman–Crippen MR) is 71.7 cm³/mol. The smallest absolute Gasteiger partial charge is 0.325 e. The fourth-order valence-electron chi connectivity index (χ4n) is 1.73. The molecule has 0 amide bonds. The molecule has 0 aliphatic carbocycles. The molecule has 0 saturated carbocycles. The lowest BCUT2D eigenvalue weighted by atomic mass is 9.98. The van der Waals surface area contributed by atoms with Gasteiger partial charge in [0.25, 0.3) is 0 Å². The van der Waals surface area contributed by atoms with Crippen molar-refractivity contribution in [3.05, 3.63) is 29.8 Å². The Morgan fingerprint density at radius 1 is 1.42 bits per heavy atom. The highest BCUT2D eigenvalue weighted by molar-refractivity contribution is 5.79. The van der Waals surface area contributed by atoms with Crippen LogP contribution in [0.4, 0.5) is 0 Å². The zero-order valence-corrected chi connectivity index (χ0v) is 11.4. The van der Waals surface area contributed by atoms with E-state index in [-0.39, 0.29) is 6.61 Å². The van der Waals surface area contributed by atoms with Crippen LogP contribution < -0.4 is 10.5 Å². The van der Waals surface area contributed by atoms with Crippen LogP contribution in [0.25, 0.3) is 0 Å². The average Bonchev–Trinajstić information content (AvgIpc) is 2.43. The van der Waals surface area contributed by atoms with Crippen LogP contribution in [0.1, 0.15) is 25.3 Å². The van der Waals surface area contributed by atoms with Crippen molar-refractivity contribution in [1.29, 1.82) is 0 Å². The van der Waals surface area contributed by atoms with Gasteiger partial charge >= 0.3 is 5.97 Å². The topological polar surface area (TPSA) is 81.8 Å². The van der Waals surface area contributed by atoms with Crippen molar-refractivity contribution in [3.63, 3.8) is 0 Å². The molecule has 1 atom stereocenters. The van der Waals surface area contributed by atoms with E-state index in [0.29, 0.717) is 25.2 Å². The number of aliphatic hydroxyl groups excluding tert-OH is 1. The van der Waals surface area contributed by atoms with Crippen molar-refractivity contribution < 1.29 is 19.4 Å². The molecule has 0 radical (unpaired) electrons. The highest BCUT2D eigenvalue weighted by atomic mass is 16.5. The van der Waals surface area contributed by atoms with E-state index in [9.17, 15) is 4.79 Å². The van der Waals surface area contributed by atoms with Crippen molar-refractivity contribution in [1.82, 2.24) is 0 Å². The highest BCUT2D eigenvalue weighted by Gasteiger charge is 2.28. The Hall–Kier alpha value is -1.59. The molecule has 0 spiro atoms. The first kappa shape index (κ1) is 15.5. The highest BCUT2D eigenvalue weighted by Crippen LogP contribution is 2.18. The number of hydrogen-bond donors (Lipinski definition) is 2. The largest absolute Gasteiger partial charge is 0.493 e. The van der Waals surface area contributed by atoms with Gasteiger partial charge in [0.1, 0.15) is 11.3 Å². The number of ether oxygens (including phenoxy) is 2. The van der Waals surface area contributed by atoms with Crippen LogP contribution in [0.2, 0.25) is 0 Å². The number of para-hydroxylation sites is 1. The van der Waals surface area contributed by atoms with Gasteiger partial charge in [-0.15, -0.1) is 0 Å². The first-order valence-electron chi connectivity index (χ1n) is 6.20. The van der Waals surface area contributed by atoms with E-state index in [2.05, 4.69) is 4.74 Å². The average molecular weight is 267 g/mol. The number of carbonyl (C=O) groups excluding carboxylic acids is 1. The Morgan fingerprint density at radius 3 is 2.74 bits per heavy atom. The summed E-state index contributed by atoms with van der Waals surface area (Å²) in [7, 11) is 1.32. The van der Waals surface area contributed by atoms with Crippen LogP contribution in [0.15, 0.2) is 24.3 Å². The summed E-state index contributed by atoms with van der Waals surface area (Å²) < 4.78 is 10.2. The van der Waals surface area contributed by atoms with Gasteiger partial charge in [-0.3, -0.25) is 4.79 Å². The molecule has 0 aliphatic heterocycles. The maximum atomic E-state index is 11.4. The third-order valence-electron chi connectivity index (χ3n) is 2.89. The molecule has 106 valence electrons. The summed E-state index contributed by atoms with van der Waals surface area (Å²) in [6.07, 6.45) is 1.10. The van der Waals surface area contributed by atoms with E-state index >= 15 is 0 Å². The first-order chi connectivity index (χ1) is 9.01. The fourth-order valence-corrected chi connectivity index (χ4v) is 1.73. The van der Waals surface area contributed by atoms with Crippen LogP contribution in [0.5, 0.6) is 5.75 Å². The van der Waals surface area contributed by atoms with E-state index in [4.69, 9.17) is 15.6 Å². The molecule has 0 bridgehead atoms. The normalized spacial score (nSPS) is 13.7. The minimum atomic E-state index is -0.991. The van der Waals surface area contributed by atoms with Gasteiger partial charge in [-0.2, -0.15) is 0 Å². The summed E-state index contributed by atoms with van der Waals surface area (Å²) in [6, 6.07) is 7.28. The second kappa shape index (κ2) is 7.11. The van der Waals surface area contributed by atoms with Gasteiger partial charge in [-0.1, -0.05) is 18.2 Å². The number of hydrogen-bond acceptors (Lipinski definition) is 5. The minimum absolute atomic E-state index is 0.0626. The van der Waals surface area contributed by atoms with Crippen LogP contribution >= 0.6 is 0 Å². The summed E-state index contributed by atoms with van der Waals surface area (Å²) >= 11 is 0. The number of carbonyl (C=O) groups is 1. The zero-order valence-electron chi connectivity index (χ0n) is 11.4. The van der Waals surface area contributed by atoms with Crippen LogP contribution in [0.3, 0.4) is 0 Å². The zero-order chi connectivity index (χ0) is 14.3. The van der Waals surface area contributed by atoms with Crippen LogP contribution in [-0.4, -0.2) is 30.3 Å². The fraction of sp³-hybridized carbons (Fsp3) is 0.500. The van der Waals surface area contributed by atoms with Crippen molar-refractivity contribution in [2.24, 2.45) is 5.73 Å². The Bertz CT molecular complexity index is 418. The quantitative estimate of drug-likeness (QED) is 0.573. The van der Waals surface area contributed by atoms with Gasteiger partial charge in [0.05, 0.1) is 20.3 Å². The van der Waals surface area contributed by atoms with Gasteiger partial charge in [-0.05, 0) is 25.8 Å². The van der Waals surface area contributed by atoms with E-state index in [1.165, 1.54) is 7.11 Å². The van der Waals surface area contributed by atoms with Crippen LogP contribution in [-0.2, 0) is 16.1 Å². The number of methoxy groups -OCH3 is 1. The van der Waals surface area contributed by atoms with Crippen molar-refractivity contribution >= 4 is 5.97 Å². The van der Waals surface area contributed by atoms with E-state index < -0.39 is 11.5 Å². The first-order valence-corrected chi connectivity index (χ1v) is 6.20. The molecule has 5 heteroatoms. The molecule has 1 unspecified atom stereocenters. The Morgan fingerprint density at radius 2 is 2.11 bits per heavy atom. The molecule has 1 rings (SSSR count). The third kappa shape index (κ3) is 4.54. The molecule has 0 aliphatic rings. The number of benzene rings is 1. The maximum Gasteiger partial charge on any atom is 0.325 e. The second-order valence-electron chi connectivity index (χ2n) is 4.63. The summed E-state index contributed by atoms with van der Waals surface area (Å²) in [5.74, 6) is 0.227. The van der Waals surface area contributed by atoms with Gasteiger partial charge in [0.2, 0.25) is 0 Å². The van der Waals surface area contributed by atoms with Crippen molar-refractivity contribution in [2.75, 3.05) is 13.7 Å². The maximum absolute atomic E-state index is 11.4. The molecule has 0 fully saturated rings. The molecule has 0 aromatic heterocycles. The minimum Gasteiger partial charge on any atom is -0.493 e. The van der Waals surface area contributed by atoms with Crippen molar-refractivity contribution in [2.45, 2.75) is 31.9 Å². The number of esters is 1. The van der Waals surface area contributed by atoms with E-state index in [0.717, 1.165) is 5.56 Å². The number of aliphatic hydroxyl groups is 1. The number of nitrogens with two attached hydrogens (primary N) is 1. The van der Waals surface area contributed by atoms with Crippen LogP contribution in [0, 0.1) is 0 Å². The van der Waals surface area contributed by atoms with Gasteiger partial charge in [0.15, 0.2) is 0 Å². The standard InChI is InChI=1S/C14H21NO4/c1-14(15,13(17)18-2)8-5-9-19-12-7-4-3-6-11(12)10-16/h3-4,6-7,16H,5,8-10,15H2,1-2H3. The monoisotopic (exact) mass is 267 g/mol. The van der Waals surface area contributed by atoms with Gasteiger partial charge in [0, 0.05) is 5.56 Å². The molecule has 1 aromatic carbocycles. The summed E-state index contributed by atoms with van der Waals surface area (Å²) in [5.41, 5.74) is 5.59. The lowest BCUT2D eigenvalue weighted by Crippen LogP contribution is -2.45. The predicted octanol–water partition coefficient (Wildman–Crippen LogP) is 1.23. The van der Waals surface area contributed by atoms with Crippen molar-refractivity contribution in [3.8, 4) is 5.75 Å². The lowest BCUT2D eigenvalue weighted by molar-refractivity contribution is -0.146. The summed E-state index contributed by atoms with van der Waals surface area (Å²) in [4.78, 5) is 11.4. The molecule has 3 N–H and O–H groups in total. The summed E-state index contributed by atoms with van der Waals surface area (Å²) in [6.45, 7) is 2.01. The third-order valence-corrected chi connectivity index (χ3v) is 2.89. The molecule has 5 nitrogen and oxygen atoms in total. The molecule has 0 saturated heterocycles. The van der Waals surface area contributed by atoms with E-state index in [1.54, 1.807) is 19.1 Å². The molecule has 0 heterocycles. The molecule has 19 heavy (non-hydrogen) atoms. The van der Waals surface area contributed by atoms with E-state index in [1.807, 2.05) is 12.1 Å². The lowest BCUT2D eigenvalue weighted by Gasteiger charge is -2.21.